The van der Waals surface area contributed by atoms with Gasteiger partial charge in [-0.2, -0.15) is 0 Å². The summed E-state index contributed by atoms with van der Waals surface area (Å²) < 4.78 is 5.59. The van der Waals surface area contributed by atoms with E-state index < -0.39 is 0 Å². The normalized spacial score (nSPS) is 35.8. The monoisotopic (exact) mass is 284 g/mol. The molecule has 0 radical (unpaired) electrons. The number of nitrogens with zero attached hydrogens (tertiary/aromatic N) is 1. The van der Waals surface area contributed by atoms with Crippen LogP contribution in [0.2, 0.25) is 0 Å². The van der Waals surface area contributed by atoms with Crippen LogP contribution < -0.4 is 5.32 Å². The zero-order valence-electron chi connectivity index (χ0n) is 12.7. The van der Waals surface area contributed by atoms with E-state index in [4.69, 9.17) is 4.74 Å². The number of nitrogens with one attached hydrogen (secondary N) is 1. The lowest BCUT2D eigenvalue weighted by Crippen LogP contribution is -2.52. The molecule has 0 spiro atoms. The highest BCUT2D eigenvalue weighted by Gasteiger charge is 2.27. The lowest BCUT2D eigenvalue weighted by molar-refractivity contribution is -0.129. The largest absolute Gasteiger partial charge is 0.394 e. The molecule has 1 aliphatic heterocycles. The Labute approximate surface area is 121 Å². The Kier molecular flexibility index (Phi) is 5.81. The predicted octanol–water partition coefficient (Wildman–Crippen LogP) is 0.763. The number of ether oxygens (including phenoxy) is 1. The number of aliphatic hydroxyl groups is 1. The van der Waals surface area contributed by atoms with Gasteiger partial charge in [-0.3, -0.25) is 9.69 Å². The highest BCUT2D eigenvalue weighted by molar-refractivity contribution is 5.78. The van der Waals surface area contributed by atoms with E-state index in [2.05, 4.69) is 17.1 Å². The topological polar surface area (TPSA) is 61.8 Å². The first-order valence-corrected chi connectivity index (χ1v) is 7.86. The van der Waals surface area contributed by atoms with Crippen molar-refractivity contribution in [2.45, 2.75) is 57.8 Å². The van der Waals surface area contributed by atoms with Gasteiger partial charge in [-0.15, -0.1) is 0 Å². The van der Waals surface area contributed by atoms with Gasteiger partial charge in [-0.05, 0) is 25.7 Å². The Hall–Kier alpha value is -0.650. The van der Waals surface area contributed by atoms with Gasteiger partial charge in [0.15, 0.2) is 0 Å². The number of carbonyl (C=O) groups is 1. The molecule has 1 heterocycles. The Morgan fingerprint density at radius 2 is 2.05 bits per heavy atom. The summed E-state index contributed by atoms with van der Waals surface area (Å²) in [5.74, 6) is 0.691. The maximum atomic E-state index is 12.2. The maximum Gasteiger partial charge on any atom is 0.234 e. The minimum absolute atomic E-state index is 0.0160. The molecule has 1 aliphatic carbocycles. The summed E-state index contributed by atoms with van der Waals surface area (Å²) in [4.78, 5) is 14.3. The molecule has 0 aromatic carbocycles. The fourth-order valence-electron chi connectivity index (χ4n) is 3.36. The molecule has 2 N–H and O–H groups in total. The molecule has 1 saturated heterocycles. The van der Waals surface area contributed by atoms with Crippen LogP contribution in [0.3, 0.4) is 0 Å². The van der Waals surface area contributed by atoms with Crippen molar-refractivity contribution in [1.82, 2.24) is 10.2 Å². The van der Waals surface area contributed by atoms with Gasteiger partial charge in [0.25, 0.3) is 0 Å². The van der Waals surface area contributed by atoms with E-state index in [9.17, 15) is 9.90 Å². The number of carbonyl (C=O) groups excluding carboxylic acids is 1. The molecule has 4 atom stereocenters. The lowest BCUT2D eigenvalue weighted by Gasteiger charge is -2.36. The number of hydrogen-bond acceptors (Lipinski definition) is 4. The van der Waals surface area contributed by atoms with Crippen molar-refractivity contribution in [3.63, 3.8) is 0 Å². The molecule has 5 nitrogen and oxygen atoms in total. The summed E-state index contributed by atoms with van der Waals surface area (Å²) in [6.07, 6.45) is 4.73. The van der Waals surface area contributed by atoms with E-state index in [1.54, 1.807) is 0 Å². The van der Waals surface area contributed by atoms with Gasteiger partial charge in [-0.25, -0.2) is 0 Å². The molecule has 0 aromatic rings. The zero-order valence-corrected chi connectivity index (χ0v) is 12.7. The molecular formula is C15H28N2O3. The average Bonchev–Trinajstić information content (AvgIpc) is 2.40. The Morgan fingerprint density at radius 1 is 1.30 bits per heavy atom. The number of morpholine rings is 1. The first-order valence-electron chi connectivity index (χ1n) is 7.86. The molecular weight excluding hydrogens is 256 g/mol. The van der Waals surface area contributed by atoms with Crippen molar-refractivity contribution in [3.05, 3.63) is 0 Å². The molecule has 1 amide bonds. The van der Waals surface area contributed by atoms with Crippen LogP contribution in [0.1, 0.15) is 39.5 Å². The fourth-order valence-corrected chi connectivity index (χ4v) is 3.36. The van der Waals surface area contributed by atoms with Crippen LogP contribution >= 0.6 is 0 Å². The smallest absolute Gasteiger partial charge is 0.234 e. The molecule has 1 saturated carbocycles. The van der Waals surface area contributed by atoms with Crippen LogP contribution in [-0.4, -0.2) is 60.4 Å². The van der Waals surface area contributed by atoms with Crippen LogP contribution in [-0.2, 0) is 9.53 Å². The summed E-state index contributed by atoms with van der Waals surface area (Å²) in [6, 6.07) is 0.336. The standard InChI is InChI=1S/C15H28N2O3/c1-11-5-3-4-6-14(11)16-15(19)9-17-7-12(2)20-13(8-17)10-18/h11-14,18H,3-10H2,1-2H3,(H,16,19). The molecule has 2 aliphatic rings. The van der Waals surface area contributed by atoms with E-state index in [0.717, 1.165) is 13.0 Å². The minimum Gasteiger partial charge on any atom is -0.394 e. The molecule has 116 valence electrons. The molecule has 2 fully saturated rings. The first-order chi connectivity index (χ1) is 9.58. The Morgan fingerprint density at radius 3 is 2.75 bits per heavy atom. The van der Waals surface area contributed by atoms with E-state index in [0.29, 0.717) is 25.0 Å². The molecule has 4 unspecified atom stereocenters. The van der Waals surface area contributed by atoms with Gasteiger partial charge in [-0.1, -0.05) is 19.8 Å². The second kappa shape index (κ2) is 7.38. The summed E-state index contributed by atoms with van der Waals surface area (Å²) in [6.45, 7) is 6.02. The zero-order chi connectivity index (χ0) is 14.5. The van der Waals surface area contributed by atoms with Crippen LogP contribution in [0, 0.1) is 5.92 Å². The van der Waals surface area contributed by atoms with Crippen LogP contribution in [0.5, 0.6) is 0 Å². The Balaban J connectivity index is 1.78. The van der Waals surface area contributed by atoms with Gasteiger partial charge in [0.05, 0.1) is 25.4 Å². The van der Waals surface area contributed by atoms with Gasteiger partial charge < -0.3 is 15.2 Å². The first kappa shape index (κ1) is 15.7. The third-order valence-electron chi connectivity index (χ3n) is 4.43. The van der Waals surface area contributed by atoms with Gasteiger partial charge in [0.2, 0.25) is 5.91 Å². The average molecular weight is 284 g/mol. The van der Waals surface area contributed by atoms with E-state index >= 15 is 0 Å². The summed E-state index contributed by atoms with van der Waals surface area (Å²) in [5, 5.41) is 12.4. The van der Waals surface area contributed by atoms with Crippen LogP contribution in [0.4, 0.5) is 0 Å². The minimum atomic E-state index is -0.167. The van der Waals surface area contributed by atoms with E-state index in [1.165, 1.54) is 19.3 Å². The third kappa shape index (κ3) is 4.43. The number of amides is 1. The fraction of sp³-hybridized carbons (Fsp3) is 0.933. The molecule has 20 heavy (non-hydrogen) atoms. The summed E-state index contributed by atoms with van der Waals surface area (Å²) in [5.41, 5.74) is 0. The number of rotatable bonds is 4. The van der Waals surface area contributed by atoms with E-state index in [1.807, 2.05) is 6.92 Å². The summed E-state index contributed by atoms with van der Waals surface area (Å²) in [7, 11) is 0. The molecule has 5 heteroatoms. The molecule has 0 bridgehead atoms. The van der Waals surface area contributed by atoms with Crippen molar-refractivity contribution >= 4 is 5.91 Å². The number of aliphatic hydroxyl groups excluding tert-OH is 1. The molecule has 0 aromatic heterocycles. The van der Waals surface area contributed by atoms with Crippen molar-refractivity contribution in [2.24, 2.45) is 5.92 Å². The highest BCUT2D eigenvalue weighted by Crippen LogP contribution is 2.23. The predicted molar refractivity (Wildman–Crippen MR) is 77.4 cm³/mol. The second-order valence-corrected chi connectivity index (χ2v) is 6.38. The van der Waals surface area contributed by atoms with Crippen molar-refractivity contribution in [2.75, 3.05) is 26.2 Å². The van der Waals surface area contributed by atoms with Crippen molar-refractivity contribution in [1.29, 1.82) is 0 Å². The Bertz CT molecular complexity index is 324. The van der Waals surface area contributed by atoms with Gasteiger partial charge in [0, 0.05) is 19.1 Å². The SMILES string of the molecule is CC1CN(CC(=O)NC2CCCCC2C)CC(CO)O1. The van der Waals surface area contributed by atoms with Gasteiger partial charge in [0.1, 0.15) is 0 Å². The van der Waals surface area contributed by atoms with Crippen molar-refractivity contribution in [3.8, 4) is 0 Å². The summed E-state index contributed by atoms with van der Waals surface area (Å²) >= 11 is 0. The number of hydrogen-bond donors (Lipinski definition) is 2. The van der Waals surface area contributed by atoms with Crippen LogP contribution in [0.15, 0.2) is 0 Å². The van der Waals surface area contributed by atoms with Crippen molar-refractivity contribution < 1.29 is 14.6 Å². The molecule has 2 rings (SSSR count). The van der Waals surface area contributed by atoms with Gasteiger partial charge >= 0.3 is 0 Å². The maximum absolute atomic E-state index is 12.2. The van der Waals surface area contributed by atoms with E-state index in [-0.39, 0.29) is 24.7 Å². The highest BCUT2D eigenvalue weighted by atomic mass is 16.5. The lowest BCUT2D eigenvalue weighted by atomic mass is 9.86. The van der Waals surface area contributed by atoms with Crippen LogP contribution in [0.25, 0.3) is 0 Å². The third-order valence-corrected chi connectivity index (χ3v) is 4.43. The second-order valence-electron chi connectivity index (χ2n) is 6.38. The quantitative estimate of drug-likeness (QED) is 0.800.